The topological polar surface area (TPSA) is 0 Å². The van der Waals surface area contributed by atoms with Crippen LogP contribution in [0.5, 0.6) is 0 Å². The first-order valence-electron chi connectivity index (χ1n) is 9.38. The number of hydrogen-bond acceptors (Lipinski definition) is 0. The molecule has 0 aliphatic rings. The third kappa shape index (κ3) is 2.71. The fourth-order valence-electron chi connectivity index (χ4n) is 3.99. The Hall–Kier alpha value is -3.38. The average Bonchev–Trinajstić information content (AvgIpc) is 2.74. The van der Waals surface area contributed by atoms with Crippen molar-refractivity contribution in [2.75, 3.05) is 0 Å². The molecule has 5 aromatic carbocycles. The maximum atomic E-state index is 2.25. The van der Waals surface area contributed by atoms with Crippen molar-refractivity contribution in [2.45, 2.75) is 6.92 Å². The van der Waals surface area contributed by atoms with Gasteiger partial charge in [-0.15, -0.1) is 0 Å². The fraction of sp³-hybridized carbons (Fsp3) is 0.0370. The summed E-state index contributed by atoms with van der Waals surface area (Å²) in [5.74, 6) is 0. The van der Waals surface area contributed by atoms with Crippen molar-refractivity contribution in [2.24, 2.45) is 0 Å². The van der Waals surface area contributed by atoms with E-state index < -0.39 is 0 Å². The van der Waals surface area contributed by atoms with Crippen molar-refractivity contribution >= 4 is 21.5 Å². The SMILES string of the molecule is Cc1ccc(-c2ccccc2-c2cccc3ccc4ccccc4c23)cc1. The van der Waals surface area contributed by atoms with Gasteiger partial charge in [0, 0.05) is 0 Å². The Morgan fingerprint density at radius 3 is 1.93 bits per heavy atom. The predicted octanol–water partition coefficient (Wildman–Crippen LogP) is 7.64. The lowest BCUT2D eigenvalue weighted by atomic mass is 9.89. The van der Waals surface area contributed by atoms with Crippen LogP contribution >= 0.6 is 0 Å². The molecule has 128 valence electrons. The van der Waals surface area contributed by atoms with Crippen LogP contribution in [0.1, 0.15) is 5.56 Å². The van der Waals surface area contributed by atoms with E-state index in [1.807, 2.05) is 0 Å². The summed E-state index contributed by atoms with van der Waals surface area (Å²) in [4.78, 5) is 0. The van der Waals surface area contributed by atoms with E-state index in [-0.39, 0.29) is 0 Å². The zero-order valence-corrected chi connectivity index (χ0v) is 15.3. The van der Waals surface area contributed by atoms with Crippen LogP contribution in [0.15, 0.2) is 103 Å². The van der Waals surface area contributed by atoms with Crippen LogP contribution in [0.4, 0.5) is 0 Å². The van der Waals surface area contributed by atoms with E-state index in [1.165, 1.54) is 49.4 Å². The first kappa shape index (κ1) is 15.8. The quantitative estimate of drug-likeness (QED) is 0.289. The predicted molar refractivity (Wildman–Crippen MR) is 117 cm³/mol. The van der Waals surface area contributed by atoms with Crippen LogP contribution in [-0.4, -0.2) is 0 Å². The lowest BCUT2D eigenvalue weighted by molar-refractivity contribution is 1.47. The van der Waals surface area contributed by atoms with Crippen LogP contribution in [0.25, 0.3) is 43.8 Å². The van der Waals surface area contributed by atoms with Gasteiger partial charge in [0.05, 0.1) is 0 Å². The molecular formula is C27H20. The zero-order chi connectivity index (χ0) is 18.2. The second-order valence-corrected chi connectivity index (χ2v) is 7.10. The van der Waals surface area contributed by atoms with E-state index in [1.54, 1.807) is 0 Å². The minimum absolute atomic E-state index is 1.26. The van der Waals surface area contributed by atoms with E-state index in [0.29, 0.717) is 0 Å². The highest BCUT2D eigenvalue weighted by Crippen LogP contribution is 2.39. The zero-order valence-electron chi connectivity index (χ0n) is 15.3. The Morgan fingerprint density at radius 1 is 0.444 bits per heavy atom. The Kier molecular flexibility index (Phi) is 3.76. The molecule has 0 saturated carbocycles. The van der Waals surface area contributed by atoms with Gasteiger partial charge in [-0.05, 0) is 50.7 Å². The van der Waals surface area contributed by atoms with E-state index in [9.17, 15) is 0 Å². The molecule has 0 nitrogen and oxygen atoms in total. The lowest BCUT2D eigenvalue weighted by Gasteiger charge is -2.14. The Morgan fingerprint density at radius 2 is 1.07 bits per heavy atom. The molecule has 5 rings (SSSR count). The summed E-state index contributed by atoms with van der Waals surface area (Å²) in [5.41, 5.74) is 6.39. The first-order valence-corrected chi connectivity index (χ1v) is 9.38. The van der Waals surface area contributed by atoms with Crippen molar-refractivity contribution in [1.29, 1.82) is 0 Å². The molecule has 27 heavy (non-hydrogen) atoms. The molecule has 0 bridgehead atoms. The Bertz CT molecular complexity index is 1260. The Labute approximate surface area is 159 Å². The molecule has 0 heteroatoms. The molecule has 0 fully saturated rings. The van der Waals surface area contributed by atoms with Gasteiger partial charge < -0.3 is 0 Å². The molecule has 0 aromatic heterocycles. The van der Waals surface area contributed by atoms with Crippen molar-refractivity contribution in [3.63, 3.8) is 0 Å². The highest BCUT2D eigenvalue weighted by Gasteiger charge is 2.12. The third-order valence-corrected chi connectivity index (χ3v) is 5.35. The van der Waals surface area contributed by atoms with Gasteiger partial charge in [-0.1, -0.05) is 109 Å². The fourth-order valence-corrected chi connectivity index (χ4v) is 3.99. The smallest absolute Gasteiger partial charge is 0.00266 e. The maximum Gasteiger partial charge on any atom is -0.00266 e. The largest absolute Gasteiger partial charge is 0.0616 e. The van der Waals surface area contributed by atoms with Crippen LogP contribution in [-0.2, 0) is 0 Å². The van der Waals surface area contributed by atoms with Crippen molar-refractivity contribution in [3.8, 4) is 22.3 Å². The number of fused-ring (bicyclic) bond motifs is 3. The summed E-state index contributed by atoms with van der Waals surface area (Å²) in [6, 6.07) is 37.3. The second-order valence-electron chi connectivity index (χ2n) is 7.10. The highest BCUT2D eigenvalue weighted by molar-refractivity contribution is 6.15. The summed E-state index contributed by atoms with van der Waals surface area (Å²) < 4.78 is 0. The van der Waals surface area contributed by atoms with Crippen molar-refractivity contribution in [3.05, 3.63) is 109 Å². The maximum absolute atomic E-state index is 2.25. The molecule has 0 atom stereocenters. The van der Waals surface area contributed by atoms with Crippen LogP contribution in [0, 0.1) is 6.92 Å². The van der Waals surface area contributed by atoms with Crippen LogP contribution in [0.2, 0.25) is 0 Å². The Balaban J connectivity index is 1.85. The molecule has 0 amide bonds. The van der Waals surface area contributed by atoms with E-state index in [0.717, 1.165) is 0 Å². The van der Waals surface area contributed by atoms with E-state index in [4.69, 9.17) is 0 Å². The summed E-state index contributed by atoms with van der Waals surface area (Å²) in [5, 5.41) is 5.20. The second kappa shape index (κ2) is 6.41. The molecule has 0 aliphatic carbocycles. The molecule has 0 spiro atoms. The average molecular weight is 344 g/mol. The lowest BCUT2D eigenvalue weighted by Crippen LogP contribution is -1.88. The van der Waals surface area contributed by atoms with Gasteiger partial charge >= 0.3 is 0 Å². The third-order valence-electron chi connectivity index (χ3n) is 5.35. The van der Waals surface area contributed by atoms with Gasteiger partial charge in [0.15, 0.2) is 0 Å². The van der Waals surface area contributed by atoms with Crippen molar-refractivity contribution in [1.82, 2.24) is 0 Å². The number of benzene rings is 5. The van der Waals surface area contributed by atoms with Crippen LogP contribution in [0.3, 0.4) is 0 Å². The number of rotatable bonds is 2. The minimum Gasteiger partial charge on any atom is -0.0616 e. The normalized spacial score (nSPS) is 11.1. The van der Waals surface area contributed by atoms with Gasteiger partial charge in [-0.25, -0.2) is 0 Å². The van der Waals surface area contributed by atoms with Gasteiger partial charge in [-0.2, -0.15) is 0 Å². The number of aryl methyl sites for hydroxylation is 1. The molecule has 0 saturated heterocycles. The molecule has 0 N–H and O–H groups in total. The highest BCUT2D eigenvalue weighted by atomic mass is 14.1. The molecule has 5 aromatic rings. The molecular weight excluding hydrogens is 324 g/mol. The molecule has 0 aliphatic heterocycles. The van der Waals surface area contributed by atoms with Gasteiger partial charge in [0.25, 0.3) is 0 Å². The molecule has 0 heterocycles. The number of hydrogen-bond donors (Lipinski definition) is 0. The summed E-state index contributed by atoms with van der Waals surface area (Å²) in [6.45, 7) is 2.13. The summed E-state index contributed by atoms with van der Waals surface area (Å²) >= 11 is 0. The van der Waals surface area contributed by atoms with E-state index >= 15 is 0 Å². The van der Waals surface area contributed by atoms with Gasteiger partial charge in [0.1, 0.15) is 0 Å². The van der Waals surface area contributed by atoms with E-state index in [2.05, 4.69) is 110 Å². The summed E-state index contributed by atoms with van der Waals surface area (Å²) in [6.07, 6.45) is 0. The monoisotopic (exact) mass is 344 g/mol. The van der Waals surface area contributed by atoms with Crippen LogP contribution < -0.4 is 0 Å². The summed E-state index contributed by atoms with van der Waals surface area (Å²) in [7, 11) is 0. The molecule has 0 radical (unpaired) electrons. The first-order chi connectivity index (χ1) is 13.3. The van der Waals surface area contributed by atoms with Crippen molar-refractivity contribution < 1.29 is 0 Å². The van der Waals surface area contributed by atoms with Gasteiger partial charge in [-0.3, -0.25) is 0 Å². The minimum atomic E-state index is 1.26. The van der Waals surface area contributed by atoms with Gasteiger partial charge in [0.2, 0.25) is 0 Å². The standard InChI is InChI=1S/C27H20/c1-19-13-15-21(16-14-19)23-9-4-5-11-25(23)26-12-6-8-22-18-17-20-7-2-3-10-24(20)27(22)26/h2-18H,1H3. The molecule has 0 unspecified atom stereocenters.